The molecule has 1 heterocycles. The van der Waals surface area contributed by atoms with Gasteiger partial charge in [-0.25, -0.2) is 8.42 Å². The number of alkyl halides is 3. The van der Waals surface area contributed by atoms with E-state index in [9.17, 15) is 21.6 Å². The number of rotatable bonds is 6. The van der Waals surface area contributed by atoms with E-state index in [4.69, 9.17) is 11.6 Å². The Kier molecular flexibility index (Phi) is 7.18. The lowest BCUT2D eigenvalue weighted by atomic mass is 9.96. The normalized spacial score (nSPS) is 16.8. The highest BCUT2D eigenvalue weighted by molar-refractivity contribution is 7.89. The van der Waals surface area contributed by atoms with Gasteiger partial charge >= 0.3 is 6.36 Å². The van der Waals surface area contributed by atoms with E-state index in [2.05, 4.69) is 9.64 Å². The molecule has 1 aliphatic heterocycles. The molecular formula is C24H22ClF3N2O3S. The largest absolute Gasteiger partial charge is 0.573 e. The number of sulfonamides is 1. The van der Waals surface area contributed by atoms with Crippen LogP contribution in [0.1, 0.15) is 17.2 Å². The van der Waals surface area contributed by atoms with Crippen molar-refractivity contribution in [2.75, 3.05) is 26.2 Å². The molecule has 1 saturated heterocycles. The number of hydrogen-bond donors (Lipinski definition) is 0. The van der Waals surface area contributed by atoms with Gasteiger partial charge in [0.25, 0.3) is 0 Å². The van der Waals surface area contributed by atoms with Crippen molar-refractivity contribution in [3.05, 3.63) is 95.0 Å². The average Bonchev–Trinajstić information content (AvgIpc) is 2.81. The van der Waals surface area contributed by atoms with E-state index in [1.807, 2.05) is 54.6 Å². The number of para-hydroxylation sites is 1. The second-order valence-electron chi connectivity index (χ2n) is 7.80. The van der Waals surface area contributed by atoms with Crippen LogP contribution in [-0.4, -0.2) is 50.2 Å². The summed E-state index contributed by atoms with van der Waals surface area (Å²) >= 11 is 6.06. The minimum Gasteiger partial charge on any atom is -0.404 e. The number of nitrogens with zero attached hydrogens (tertiary/aromatic N) is 2. The molecule has 0 spiro atoms. The van der Waals surface area contributed by atoms with Crippen molar-refractivity contribution in [2.24, 2.45) is 0 Å². The summed E-state index contributed by atoms with van der Waals surface area (Å²) in [4.78, 5) is 1.65. The zero-order valence-corrected chi connectivity index (χ0v) is 19.5. The van der Waals surface area contributed by atoms with Crippen LogP contribution in [0.2, 0.25) is 5.02 Å². The molecule has 0 saturated carbocycles. The minimum absolute atomic E-state index is 0.121. The molecule has 0 N–H and O–H groups in total. The van der Waals surface area contributed by atoms with Gasteiger partial charge in [-0.3, -0.25) is 4.90 Å². The molecule has 0 aliphatic carbocycles. The monoisotopic (exact) mass is 510 g/mol. The third-order valence-corrected chi connectivity index (χ3v) is 7.82. The summed E-state index contributed by atoms with van der Waals surface area (Å²) in [7, 11) is -4.18. The number of halogens is 4. The van der Waals surface area contributed by atoms with Crippen LogP contribution in [0, 0.1) is 0 Å². The second-order valence-corrected chi connectivity index (χ2v) is 10.1. The van der Waals surface area contributed by atoms with Gasteiger partial charge in [0.05, 0.1) is 6.04 Å². The number of hydrogen-bond acceptors (Lipinski definition) is 4. The van der Waals surface area contributed by atoms with Crippen LogP contribution >= 0.6 is 11.6 Å². The maximum atomic E-state index is 13.2. The Bertz CT molecular complexity index is 1210. The Hall–Kier alpha value is -2.59. The Labute approximate surface area is 201 Å². The molecule has 4 rings (SSSR count). The van der Waals surface area contributed by atoms with Gasteiger partial charge in [-0.1, -0.05) is 66.2 Å². The van der Waals surface area contributed by atoms with Gasteiger partial charge in [0.15, 0.2) is 0 Å². The molecule has 0 bridgehead atoms. The standard InChI is InChI=1S/C24H22ClF3N2O3S/c25-20-12-10-19(11-13-20)23(18-6-2-1-3-7-18)29-14-16-30(17-15-29)34(31,32)22-9-5-4-8-21(22)33-24(26,27)28/h1-13,23H,14-17H2. The van der Waals surface area contributed by atoms with Crippen molar-refractivity contribution in [3.63, 3.8) is 0 Å². The molecule has 0 amide bonds. The van der Waals surface area contributed by atoms with Crippen molar-refractivity contribution in [2.45, 2.75) is 17.3 Å². The van der Waals surface area contributed by atoms with Crippen molar-refractivity contribution in [1.82, 2.24) is 9.21 Å². The fraction of sp³-hybridized carbons (Fsp3) is 0.250. The molecule has 0 aromatic heterocycles. The third kappa shape index (κ3) is 5.55. The highest BCUT2D eigenvalue weighted by atomic mass is 35.5. The van der Waals surface area contributed by atoms with Crippen molar-refractivity contribution >= 4 is 21.6 Å². The van der Waals surface area contributed by atoms with Crippen LogP contribution in [0.5, 0.6) is 5.75 Å². The molecule has 0 radical (unpaired) electrons. The summed E-state index contributed by atoms with van der Waals surface area (Å²) in [6.07, 6.45) is -4.99. The lowest BCUT2D eigenvalue weighted by Gasteiger charge is -2.39. The molecule has 1 unspecified atom stereocenters. The van der Waals surface area contributed by atoms with E-state index in [1.165, 1.54) is 16.4 Å². The maximum Gasteiger partial charge on any atom is 0.573 e. The zero-order valence-electron chi connectivity index (χ0n) is 18.0. The Morgan fingerprint density at radius 2 is 1.35 bits per heavy atom. The predicted octanol–water partition coefficient (Wildman–Crippen LogP) is 5.33. The molecule has 34 heavy (non-hydrogen) atoms. The topological polar surface area (TPSA) is 49.9 Å². The van der Waals surface area contributed by atoms with Gasteiger partial charge in [-0.2, -0.15) is 4.31 Å². The van der Waals surface area contributed by atoms with E-state index in [0.29, 0.717) is 18.1 Å². The zero-order chi connectivity index (χ0) is 24.3. The third-order valence-electron chi connectivity index (χ3n) is 5.63. The summed E-state index contributed by atoms with van der Waals surface area (Å²) in [5, 5.41) is 0.617. The molecule has 1 aliphatic rings. The van der Waals surface area contributed by atoms with Crippen LogP contribution in [0.15, 0.2) is 83.8 Å². The first-order chi connectivity index (χ1) is 16.1. The van der Waals surface area contributed by atoms with Gasteiger partial charge < -0.3 is 4.74 Å². The first-order valence-electron chi connectivity index (χ1n) is 10.5. The van der Waals surface area contributed by atoms with Crippen LogP contribution in [-0.2, 0) is 10.0 Å². The van der Waals surface area contributed by atoms with Gasteiger partial charge in [0, 0.05) is 31.2 Å². The lowest BCUT2D eigenvalue weighted by molar-refractivity contribution is -0.275. The number of piperazine rings is 1. The molecule has 10 heteroatoms. The molecule has 3 aromatic carbocycles. The van der Waals surface area contributed by atoms with Gasteiger partial charge in [0.2, 0.25) is 10.0 Å². The first-order valence-corrected chi connectivity index (χ1v) is 12.4. The predicted molar refractivity (Wildman–Crippen MR) is 123 cm³/mol. The lowest BCUT2D eigenvalue weighted by Crippen LogP contribution is -2.49. The number of ether oxygens (including phenoxy) is 1. The summed E-state index contributed by atoms with van der Waals surface area (Å²) < 4.78 is 69.9. The highest BCUT2D eigenvalue weighted by Crippen LogP contribution is 2.34. The first kappa shape index (κ1) is 24.5. The average molecular weight is 511 g/mol. The second kappa shape index (κ2) is 9.95. The van der Waals surface area contributed by atoms with Crippen molar-refractivity contribution in [3.8, 4) is 5.75 Å². The SMILES string of the molecule is O=S(=O)(c1ccccc1OC(F)(F)F)N1CCN(C(c2ccccc2)c2ccc(Cl)cc2)CC1. The Balaban J connectivity index is 1.57. The van der Waals surface area contributed by atoms with Crippen molar-refractivity contribution < 1.29 is 26.3 Å². The van der Waals surface area contributed by atoms with Crippen LogP contribution in [0.25, 0.3) is 0 Å². The quantitative estimate of drug-likeness (QED) is 0.449. The smallest absolute Gasteiger partial charge is 0.404 e. The van der Waals surface area contributed by atoms with E-state index < -0.39 is 27.0 Å². The van der Waals surface area contributed by atoms with E-state index >= 15 is 0 Å². The Morgan fingerprint density at radius 3 is 1.97 bits per heavy atom. The summed E-state index contributed by atoms with van der Waals surface area (Å²) in [6, 6.07) is 22.0. The van der Waals surface area contributed by atoms with E-state index in [1.54, 1.807) is 0 Å². The van der Waals surface area contributed by atoms with Crippen LogP contribution < -0.4 is 4.74 Å². The van der Waals surface area contributed by atoms with Gasteiger partial charge in [-0.15, -0.1) is 13.2 Å². The molecule has 3 aromatic rings. The summed E-state index contributed by atoms with van der Waals surface area (Å²) in [5.74, 6) is -0.735. The molecule has 5 nitrogen and oxygen atoms in total. The molecular weight excluding hydrogens is 489 g/mol. The van der Waals surface area contributed by atoms with Crippen molar-refractivity contribution in [1.29, 1.82) is 0 Å². The molecule has 180 valence electrons. The highest BCUT2D eigenvalue weighted by Gasteiger charge is 2.37. The summed E-state index contributed by atoms with van der Waals surface area (Å²) in [6.45, 7) is 1.03. The number of benzene rings is 3. The fourth-order valence-electron chi connectivity index (χ4n) is 4.11. The molecule has 1 atom stereocenters. The van der Waals surface area contributed by atoms with Crippen LogP contribution in [0.4, 0.5) is 13.2 Å². The van der Waals surface area contributed by atoms with Gasteiger partial charge in [0.1, 0.15) is 10.6 Å². The summed E-state index contributed by atoms with van der Waals surface area (Å²) in [5.41, 5.74) is 2.06. The maximum absolute atomic E-state index is 13.2. The van der Waals surface area contributed by atoms with E-state index in [0.717, 1.165) is 23.3 Å². The van der Waals surface area contributed by atoms with E-state index in [-0.39, 0.29) is 19.1 Å². The fourth-order valence-corrected chi connectivity index (χ4v) is 5.77. The minimum atomic E-state index is -4.99. The molecule has 1 fully saturated rings. The van der Waals surface area contributed by atoms with Crippen LogP contribution in [0.3, 0.4) is 0 Å². The Morgan fingerprint density at radius 1 is 0.794 bits per heavy atom. The van der Waals surface area contributed by atoms with Gasteiger partial charge in [-0.05, 0) is 35.4 Å².